The van der Waals surface area contributed by atoms with Gasteiger partial charge in [-0.1, -0.05) is 20.8 Å². The molecule has 0 saturated carbocycles. The van der Waals surface area contributed by atoms with Gasteiger partial charge in [0, 0.05) is 18.2 Å². The summed E-state index contributed by atoms with van der Waals surface area (Å²) in [5, 5.41) is 7.90. The number of hydrogen-bond donors (Lipinski definition) is 1. The highest BCUT2D eigenvalue weighted by molar-refractivity contribution is 5.18. The molecule has 84 valence electrons. The Morgan fingerprint density at radius 2 is 2.13 bits per heavy atom. The molecule has 1 N–H and O–H groups in total. The van der Waals surface area contributed by atoms with Crippen molar-refractivity contribution in [2.75, 3.05) is 13.1 Å². The molecule has 0 atom stereocenters. The first-order valence-corrected chi connectivity index (χ1v) is 5.71. The SMILES string of the molecule is Cn1nc(C(C)(C)C)cc1CC1CNC1. The molecular weight excluding hydrogens is 186 g/mol. The van der Waals surface area contributed by atoms with Crippen molar-refractivity contribution in [3.8, 4) is 0 Å². The van der Waals surface area contributed by atoms with Crippen molar-refractivity contribution >= 4 is 0 Å². The van der Waals surface area contributed by atoms with Crippen LogP contribution in [0.25, 0.3) is 0 Å². The molecule has 1 aliphatic rings. The van der Waals surface area contributed by atoms with E-state index in [0.29, 0.717) is 0 Å². The predicted octanol–water partition coefficient (Wildman–Crippen LogP) is 1.48. The van der Waals surface area contributed by atoms with Gasteiger partial charge in [-0.05, 0) is 31.5 Å². The number of hydrogen-bond acceptors (Lipinski definition) is 2. The molecule has 2 rings (SSSR count). The van der Waals surface area contributed by atoms with Gasteiger partial charge in [-0.15, -0.1) is 0 Å². The summed E-state index contributed by atoms with van der Waals surface area (Å²) in [7, 11) is 2.05. The molecule has 2 heterocycles. The lowest BCUT2D eigenvalue weighted by atomic mass is 9.91. The lowest BCUT2D eigenvalue weighted by Crippen LogP contribution is -2.43. The number of nitrogens with zero attached hydrogens (tertiary/aromatic N) is 2. The number of aromatic nitrogens is 2. The van der Waals surface area contributed by atoms with Gasteiger partial charge in [-0.3, -0.25) is 4.68 Å². The van der Waals surface area contributed by atoms with Crippen molar-refractivity contribution in [2.45, 2.75) is 32.6 Å². The van der Waals surface area contributed by atoms with Crippen molar-refractivity contribution < 1.29 is 0 Å². The average Bonchev–Trinajstić information content (AvgIpc) is 2.39. The maximum Gasteiger partial charge on any atom is 0.0680 e. The van der Waals surface area contributed by atoms with Crippen LogP contribution < -0.4 is 5.32 Å². The first kappa shape index (κ1) is 10.7. The molecule has 0 aromatic carbocycles. The summed E-state index contributed by atoms with van der Waals surface area (Å²) in [6.45, 7) is 8.96. The Balaban J connectivity index is 2.13. The Kier molecular flexibility index (Phi) is 2.59. The van der Waals surface area contributed by atoms with Crippen molar-refractivity contribution in [3.63, 3.8) is 0 Å². The first-order chi connectivity index (χ1) is 6.97. The molecule has 0 aliphatic carbocycles. The first-order valence-electron chi connectivity index (χ1n) is 5.71. The smallest absolute Gasteiger partial charge is 0.0680 e. The van der Waals surface area contributed by atoms with Crippen LogP contribution in [0, 0.1) is 5.92 Å². The van der Waals surface area contributed by atoms with E-state index in [1.807, 2.05) is 4.68 Å². The van der Waals surface area contributed by atoms with Crippen molar-refractivity contribution in [3.05, 3.63) is 17.5 Å². The van der Waals surface area contributed by atoms with E-state index in [2.05, 4.69) is 44.3 Å². The van der Waals surface area contributed by atoms with E-state index < -0.39 is 0 Å². The molecule has 0 unspecified atom stereocenters. The van der Waals surface area contributed by atoms with E-state index in [1.165, 1.54) is 11.4 Å². The quantitative estimate of drug-likeness (QED) is 0.796. The summed E-state index contributed by atoms with van der Waals surface area (Å²) < 4.78 is 2.04. The summed E-state index contributed by atoms with van der Waals surface area (Å²) >= 11 is 0. The van der Waals surface area contributed by atoms with Crippen LogP contribution in [-0.4, -0.2) is 22.9 Å². The Hall–Kier alpha value is -0.830. The second-order valence-corrected chi connectivity index (χ2v) is 5.62. The van der Waals surface area contributed by atoms with E-state index in [1.54, 1.807) is 0 Å². The maximum absolute atomic E-state index is 4.59. The minimum Gasteiger partial charge on any atom is -0.316 e. The zero-order chi connectivity index (χ0) is 11.1. The zero-order valence-corrected chi connectivity index (χ0v) is 10.2. The summed E-state index contributed by atoms with van der Waals surface area (Å²) in [5.74, 6) is 0.813. The van der Waals surface area contributed by atoms with E-state index in [9.17, 15) is 0 Å². The van der Waals surface area contributed by atoms with E-state index in [0.717, 1.165) is 25.4 Å². The second kappa shape index (κ2) is 3.63. The number of aryl methyl sites for hydroxylation is 1. The molecule has 0 spiro atoms. The molecule has 1 fully saturated rings. The molecule has 1 aromatic heterocycles. The molecule has 1 aromatic rings. The van der Waals surface area contributed by atoms with E-state index in [-0.39, 0.29) is 5.41 Å². The summed E-state index contributed by atoms with van der Waals surface area (Å²) in [4.78, 5) is 0. The van der Waals surface area contributed by atoms with Crippen molar-refractivity contribution in [1.29, 1.82) is 0 Å². The highest BCUT2D eigenvalue weighted by atomic mass is 15.3. The summed E-state index contributed by atoms with van der Waals surface area (Å²) in [5.41, 5.74) is 2.73. The van der Waals surface area contributed by atoms with Gasteiger partial charge < -0.3 is 5.32 Å². The van der Waals surface area contributed by atoms with E-state index in [4.69, 9.17) is 0 Å². The minimum absolute atomic E-state index is 0.161. The van der Waals surface area contributed by atoms with Crippen LogP contribution in [0.1, 0.15) is 32.2 Å². The van der Waals surface area contributed by atoms with Crippen LogP contribution >= 0.6 is 0 Å². The average molecular weight is 207 g/mol. The van der Waals surface area contributed by atoms with Crippen LogP contribution in [0.2, 0.25) is 0 Å². The van der Waals surface area contributed by atoms with Crippen LogP contribution in [0.15, 0.2) is 6.07 Å². The predicted molar refractivity (Wildman–Crippen MR) is 62.0 cm³/mol. The molecule has 1 saturated heterocycles. The lowest BCUT2D eigenvalue weighted by Gasteiger charge is -2.26. The highest BCUT2D eigenvalue weighted by Gasteiger charge is 2.22. The lowest BCUT2D eigenvalue weighted by molar-refractivity contribution is 0.340. The summed E-state index contributed by atoms with van der Waals surface area (Å²) in [6, 6.07) is 2.26. The molecule has 0 amide bonds. The van der Waals surface area contributed by atoms with Gasteiger partial charge in [0.15, 0.2) is 0 Å². The van der Waals surface area contributed by atoms with Gasteiger partial charge in [-0.25, -0.2) is 0 Å². The third-order valence-corrected chi connectivity index (χ3v) is 3.11. The van der Waals surface area contributed by atoms with Gasteiger partial charge in [0.1, 0.15) is 0 Å². The molecule has 0 radical (unpaired) electrons. The van der Waals surface area contributed by atoms with Crippen LogP contribution in [-0.2, 0) is 18.9 Å². The molecule has 1 aliphatic heterocycles. The zero-order valence-electron chi connectivity index (χ0n) is 10.2. The topological polar surface area (TPSA) is 29.9 Å². The minimum atomic E-state index is 0.161. The Bertz CT molecular complexity index is 342. The molecule has 3 nitrogen and oxygen atoms in total. The normalized spacial score (nSPS) is 17.9. The molecule has 15 heavy (non-hydrogen) atoms. The fraction of sp³-hybridized carbons (Fsp3) is 0.750. The van der Waals surface area contributed by atoms with Crippen LogP contribution in [0.3, 0.4) is 0 Å². The van der Waals surface area contributed by atoms with Crippen molar-refractivity contribution in [1.82, 2.24) is 15.1 Å². The number of nitrogens with one attached hydrogen (secondary N) is 1. The van der Waals surface area contributed by atoms with Gasteiger partial charge in [0.2, 0.25) is 0 Å². The standard InChI is InChI=1S/C12H21N3/c1-12(2,3)11-6-10(15(4)14-11)5-9-7-13-8-9/h6,9,13H,5,7-8H2,1-4H3. The molecule has 3 heteroatoms. The number of rotatable bonds is 2. The fourth-order valence-corrected chi connectivity index (χ4v) is 1.85. The Morgan fingerprint density at radius 1 is 1.47 bits per heavy atom. The fourth-order valence-electron chi connectivity index (χ4n) is 1.85. The third kappa shape index (κ3) is 2.23. The summed E-state index contributed by atoms with van der Waals surface area (Å²) in [6.07, 6.45) is 1.16. The van der Waals surface area contributed by atoms with Crippen LogP contribution in [0.5, 0.6) is 0 Å². The molecule has 0 bridgehead atoms. The van der Waals surface area contributed by atoms with Gasteiger partial charge in [0.05, 0.1) is 5.69 Å². The van der Waals surface area contributed by atoms with Crippen molar-refractivity contribution in [2.24, 2.45) is 13.0 Å². The van der Waals surface area contributed by atoms with Gasteiger partial charge in [0.25, 0.3) is 0 Å². The van der Waals surface area contributed by atoms with Gasteiger partial charge in [-0.2, -0.15) is 5.10 Å². The maximum atomic E-state index is 4.59. The molecular formula is C12H21N3. The Labute approximate surface area is 91.9 Å². The second-order valence-electron chi connectivity index (χ2n) is 5.62. The highest BCUT2D eigenvalue weighted by Crippen LogP contribution is 2.22. The Morgan fingerprint density at radius 3 is 2.53 bits per heavy atom. The monoisotopic (exact) mass is 207 g/mol. The van der Waals surface area contributed by atoms with Gasteiger partial charge >= 0.3 is 0 Å². The largest absolute Gasteiger partial charge is 0.316 e. The van der Waals surface area contributed by atoms with Crippen LogP contribution in [0.4, 0.5) is 0 Å². The van der Waals surface area contributed by atoms with E-state index >= 15 is 0 Å². The third-order valence-electron chi connectivity index (χ3n) is 3.11.